The highest BCUT2D eigenvalue weighted by molar-refractivity contribution is 5.49. The van der Waals surface area contributed by atoms with Gasteiger partial charge in [0.1, 0.15) is 5.82 Å². The van der Waals surface area contributed by atoms with Gasteiger partial charge in [-0.15, -0.1) is 0 Å². The lowest BCUT2D eigenvalue weighted by Crippen LogP contribution is -2.34. The quantitative estimate of drug-likeness (QED) is 0.831. The van der Waals surface area contributed by atoms with E-state index in [4.69, 9.17) is 4.98 Å². The number of hydrogen-bond acceptors (Lipinski definition) is 3. The van der Waals surface area contributed by atoms with Gasteiger partial charge in [0.25, 0.3) is 0 Å². The molecule has 3 heterocycles. The van der Waals surface area contributed by atoms with Gasteiger partial charge in [-0.3, -0.25) is 4.90 Å². The Morgan fingerprint density at radius 3 is 2.50 bits per heavy atom. The molecule has 4 rings (SSSR count). The molecule has 2 saturated heterocycles. The third-order valence-corrected chi connectivity index (χ3v) is 5.42. The van der Waals surface area contributed by atoms with E-state index in [9.17, 15) is 0 Å². The van der Waals surface area contributed by atoms with Crippen molar-refractivity contribution in [2.24, 2.45) is 0 Å². The fourth-order valence-corrected chi connectivity index (χ4v) is 4.21. The molecule has 1 atom stereocenters. The van der Waals surface area contributed by atoms with Crippen LogP contribution in [0.1, 0.15) is 49.3 Å². The lowest BCUT2D eigenvalue weighted by atomic mass is 9.94. The topological polar surface area (TPSA) is 19.4 Å². The van der Waals surface area contributed by atoms with E-state index >= 15 is 0 Å². The number of piperidine rings is 1. The molecule has 1 aromatic carbocycles. The Labute approximate surface area is 145 Å². The van der Waals surface area contributed by atoms with Crippen molar-refractivity contribution in [3.05, 3.63) is 59.8 Å². The molecule has 2 fully saturated rings. The lowest BCUT2D eigenvalue weighted by molar-refractivity contribution is 0.140. The molecule has 0 amide bonds. The molecular formula is C21H27N3. The fourth-order valence-electron chi connectivity index (χ4n) is 4.21. The summed E-state index contributed by atoms with van der Waals surface area (Å²) in [6.07, 6.45) is 8.44. The van der Waals surface area contributed by atoms with Gasteiger partial charge in [0, 0.05) is 37.4 Å². The van der Waals surface area contributed by atoms with Crippen molar-refractivity contribution in [1.29, 1.82) is 0 Å². The van der Waals surface area contributed by atoms with Gasteiger partial charge < -0.3 is 4.90 Å². The molecule has 1 aromatic heterocycles. The van der Waals surface area contributed by atoms with Gasteiger partial charge in [0.15, 0.2) is 0 Å². The maximum atomic E-state index is 4.78. The number of rotatable bonds is 4. The summed E-state index contributed by atoms with van der Waals surface area (Å²) in [6.45, 7) is 4.55. The van der Waals surface area contributed by atoms with Crippen LogP contribution in [0.15, 0.2) is 48.7 Å². The van der Waals surface area contributed by atoms with Crippen LogP contribution < -0.4 is 4.90 Å². The maximum absolute atomic E-state index is 4.78. The summed E-state index contributed by atoms with van der Waals surface area (Å²) < 4.78 is 0. The summed E-state index contributed by atoms with van der Waals surface area (Å²) in [5, 5.41) is 0. The Balaban J connectivity index is 1.61. The van der Waals surface area contributed by atoms with Crippen LogP contribution in [0.3, 0.4) is 0 Å². The number of hydrogen-bond donors (Lipinski definition) is 0. The molecule has 24 heavy (non-hydrogen) atoms. The van der Waals surface area contributed by atoms with Crippen LogP contribution in [-0.4, -0.2) is 29.5 Å². The van der Waals surface area contributed by atoms with E-state index < -0.39 is 0 Å². The molecule has 3 heteroatoms. The number of benzene rings is 1. The Hall–Kier alpha value is -1.87. The number of nitrogens with zero attached hydrogens (tertiary/aromatic N) is 3. The third kappa shape index (κ3) is 3.32. The highest BCUT2D eigenvalue weighted by Gasteiger charge is 2.28. The van der Waals surface area contributed by atoms with E-state index in [2.05, 4.69) is 52.3 Å². The van der Waals surface area contributed by atoms with Crippen molar-refractivity contribution in [2.75, 3.05) is 24.5 Å². The molecule has 3 nitrogen and oxygen atoms in total. The van der Waals surface area contributed by atoms with Gasteiger partial charge in [0.2, 0.25) is 0 Å². The van der Waals surface area contributed by atoms with Gasteiger partial charge in [-0.05, 0) is 43.9 Å². The van der Waals surface area contributed by atoms with E-state index in [-0.39, 0.29) is 0 Å². The summed E-state index contributed by atoms with van der Waals surface area (Å²) in [4.78, 5) is 9.93. The van der Waals surface area contributed by atoms with E-state index in [1.165, 1.54) is 55.6 Å². The Kier molecular flexibility index (Phi) is 4.79. The average Bonchev–Trinajstić information content (AvgIpc) is 3.18. The van der Waals surface area contributed by atoms with Gasteiger partial charge in [-0.2, -0.15) is 0 Å². The molecule has 2 aromatic rings. The van der Waals surface area contributed by atoms with E-state index in [0.717, 1.165) is 19.6 Å². The van der Waals surface area contributed by atoms with Crippen LogP contribution in [0.5, 0.6) is 0 Å². The molecule has 0 spiro atoms. The standard InChI is InChI=1S/C21H27N3/c1-2-9-18(10-3-1)17-24-16-5-4-12-20(24)19-11-8-13-22-21(19)23-14-6-7-15-23/h1-3,8-11,13,20H,4-7,12,14-17H2/t20-/m0/s1. The minimum absolute atomic E-state index is 0.503. The predicted octanol–water partition coefficient (Wildman–Crippen LogP) is 4.41. The number of pyridine rings is 1. The third-order valence-electron chi connectivity index (χ3n) is 5.42. The molecule has 0 radical (unpaired) electrons. The average molecular weight is 321 g/mol. The Bertz CT molecular complexity index is 649. The van der Waals surface area contributed by atoms with Crippen molar-refractivity contribution >= 4 is 5.82 Å². The summed E-state index contributed by atoms with van der Waals surface area (Å²) in [7, 11) is 0. The van der Waals surface area contributed by atoms with Crippen LogP contribution >= 0.6 is 0 Å². The number of aromatic nitrogens is 1. The predicted molar refractivity (Wildman–Crippen MR) is 99.1 cm³/mol. The monoisotopic (exact) mass is 321 g/mol. The van der Waals surface area contributed by atoms with Crippen molar-refractivity contribution in [3.63, 3.8) is 0 Å². The van der Waals surface area contributed by atoms with Crippen LogP contribution in [-0.2, 0) is 6.54 Å². The molecule has 0 saturated carbocycles. The van der Waals surface area contributed by atoms with E-state index in [1.54, 1.807) is 0 Å². The molecule has 2 aliphatic heterocycles. The molecule has 126 valence electrons. The van der Waals surface area contributed by atoms with E-state index in [0.29, 0.717) is 6.04 Å². The van der Waals surface area contributed by atoms with Gasteiger partial charge in [-0.25, -0.2) is 4.98 Å². The van der Waals surface area contributed by atoms with Crippen LogP contribution in [0.2, 0.25) is 0 Å². The second-order valence-electron chi connectivity index (χ2n) is 7.08. The minimum Gasteiger partial charge on any atom is -0.356 e. The molecule has 0 unspecified atom stereocenters. The highest BCUT2D eigenvalue weighted by atomic mass is 15.2. The number of anilines is 1. The second kappa shape index (κ2) is 7.35. The summed E-state index contributed by atoms with van der Waals surface area (Å²) in [5.41, 5.74) is 2.85. The normalized spacial score (nSPS) is 22.0. The maximum Gasteiger partial charge on any atom is 0.133 e. The van der Waals surface area contributed by atoms with Crippen molar-refractivity contribution in [1.82, 2.24) is 9.88 Å². The smallest absolute Gasteiger partial charge is 0.133 e. The van der Waals surface area contributed by atoms with Crippen LogP contribution in [0, 0.1) is 0 Å². The molecule has 2 aliphatic rings. The molecule has 0 N–H and O–H groups in total. The SMILES string of the molecule is c1ccc(CN2CCCC[C@H]2c2cccnc2N2CCCC2)cc1. The van der Waals surface area contributed by atoms with Gasteiger partial charge in [0.05, 0.1) is 0 Å². The first-order valence-corrected chi connectivity index (χ1v) is 9.40. The Morgan fingerprint density at radius 2 is 1.67 bits per heavy atom. The zero-order valence-electron chi connectivity index (χ0n) is 14.4. The molecular weight excluding hydrogens is 294 g/mol. The Morgan fingerprint density at radius 1 is 0.875 bits per heavy atom. The minimum atomic E-state index is 0.503. The van der Waals surface area contributed by atoms with Crippen LogP contribution in [0.25, 0.3) is 0 Å². The summed E-state index contributed by atoms with van der Waals surface area (Å²) in [5.74, 6) is 1.24. The highest BCUT2D eigenvalue weighted by Crippen LogP contribution is 2.37. The molecule has 0 bridgehead atoms. The van der Waals surface area contributed by atoms with Crippen molar-refractivity contribution in [3.8, 4) is 0 Å². The zero-order chi connectivity index (χ0) is 16.2. The fraction of sp³-hybridized carbons (Fsp3) is 0.476. The molecule has 0 aliphatic carbocycles. The number of likely N-dealkylation sites (tertiary alicyclic amines) is 1. The van der Waals surface area contributed by atoms with Crippen LogP contribution in [0.4, 0.5) is 5.82 Å². The van der Waals surface area contributed by atoms with Crippen molar-refractivity contribution < 1.29 is 0 Å². The lowest BCUT2D eigenvalue weighted by Gasteiger charge is -2.37. The van der Waals surface area contributed by atoms with E-state index in [1.807, 2.05) is 6.20 Å². The first-order valence-electron chi connectivity index (χ1n) is 9.40. The van der Waals surface area contributed by atoms with Crippen molar-refractivity contribution in [2.45, 2.75) is 44.7 Å². The first-order chi connectivity index (χ1) is 11.9. The first kappa shape index (κ1) is 15.6. The summed E-state index contributed by atoms with van der Waals surface area (Å²) >= 11 is 0. The van der Waals surface area contributed by atoms with Gasteiger partial charge in [-0.1, -0.05) is 42.8 Å². The second-order valence-corrected chi connectivity index (χ2v) is 7.08. The summed E-state index contributed by atoms with van der Waals surface area (Å²) in [6, 6.07) is 15.8. The van der Waals surface area contributed by atoms with Gasteiger partial charge >= 0.3 is 0 Å². The largest absolute Gasteiger partial charge is 0.356 e. The zero-order valence-corrected chi connectivity index (χ0v) is 14.4.